The van der Waals surface area contributed by atoms with E-state index < -0.39 is 6.04 Å². The fourth-order valence-electron chi connectivity index (χ4n) is 1.57. The third-order valence-corrected chi connectivity index (χ3v) is 3.43. The number of thiazole rings is 1. The van der Waals surface area contributed by atoms with Crippen LogP contribution in [0, 0.1) is 0 Å². The molecule has 4 nitrogen and oxygen atoms in total. The molecule has 6 heteroatoms. The summed E-state index contributed by atoms with van der Waals surface area (Å²) in [4.78, 5) is 16.6. The molecule has 0 bridgehead atoms. The fourth-order valence-corrected chi connectivity index (χ4v) is 2.30. The van der Waals surface area contributed by atoms with Crippen molar-refractivity contribution in [2.45, 2.75) is 12.5 Å². The van der Waals surface area contributed by atoms with Crippen LogP contribution in [0.25, 0.3) is 0 Å². The van der Waals surface area contributed by atoms with Crippen LogP contribution in [0.3, 0.4) is 0 Å². The van der Waals surface area contributed by atoms with Crippen molar-refractivity contribution in [3.8, 4) is 0 Å². The van der Waals surface area contributed by atoms with E-state index in [0.29, 0.717) is 11.2 Å². The second-order valence-corrected chi connectivity index (χ2v) is 4.92. The molecule has 1 amide bonds. The van der Waals surface area contributed by atoms with Crippen LogP contribution in [0.5, 0.6) is 0 Å². The number of hydrogen-bond acceptors (Lipinski definition) is 3. The zero-order valence-corrected chi connectivity index (χ0v) is 12.2. The zero-order chi connectivity index (χ0) is 13.0. The lowest BCUT2D eigenvalue weighted by molar-refractivity contribution is -0.119. The molecule has 0 saturated carbocycles. The van der Waals surface area contributed by atoms with E-state index in [0.717, 1.165) is 5.56 Å². The summed E-state index contributed by atoms with van der Waals surface area (Å²) in [7, 11) is 1.85. The number of aromatic nitrogens is 1. The molecule has 0 radical (unpaired) electrons. The molecular formula is C13H16ClN3OS. The lowest BCUT2D eigenvalue weighted by Gasteiger charge is -2.06. The predicted molar refractivity (Wildman–Crippen MR) is 79.2 cm³/mol. The Labute approximate surface area is 122 Å². The summed E-state index contributed by atoms with van der Waals surface area (Å²) < 4.78 is 1.80. The highest BCUT2D eigenvalue weighted by Gasteiger charge is 2.13. The monoisotopic (exact) mass is 297 g/mol. The smallest absolute Gasteiger partial charge is 0.265 e. The Bertz CT molecular complexity index is 591. The van der Waals surface area contributed by atoms with Gasteiger partial charge in [-0.15, -0.1) is 23.7 Å². The Hall–Kier alpha value is -1.43. The maximum absolute atomic E-state index is 11.9. The molecule has 1 unspecified atom stereocenters. The van der Waals surface area contributed by atoms with Gasteiger partial charge in [0.15, 0.2) is 4.80 Å². The lowest BCUT2D eigenvalue weighted by Crippen LogP contribution is -2.33. The molecule has 1 aromatic carbocycles. The van der Waals surface area contributed by atoms with Crippen LogP contribution in [-0.2, 0) is 18.3 Å². The minimum atomic E-state index is -0.588. The van der Waals surface area contributed by atoms with Gasteiger partial charge in [-0.3, -0.25) is 4.79 Å². The number of benzene rings is 1. The normalized spacial score (nSPS) is 12.8. The summed E-state index contributed by atoms with van der Waals surface area (Å²) in [6.45, 7) is 0. The number of hydrogen-bond donors (Lipinski definition) is 1. The molecule has 0 spiro atoms. The molecule has 1 atom stereocenters. The minimum absolute atomic E-state index is 0. The standard InChI is InChI=1S/C13H15N3OS.ClH/c1-16-7-8-18-13(16)15-12(17)11(14)9-10-5-3-2-4-6-10;/h2-8,11H,9,14H2,1H3;1H. The highest BCUT2D eigenvalue weighted by atomic mass is 35.5. The maximum Gasteiger partial charge on any atom is 0.265 e. The number of nitrogens with zero attached hydrogens (tertiary/aromatic N) is 2. The van der Waals surface area contributed by atoms with Gasteiger partial charge in [-0.25, -0.2) is 0 Å². The average Bonchev–Trinajstić information content (AvgIpc) is 2.76. The van der Waals surface area contributed by atoms with Crippen LogP contribution in [0.1, 0.15) is 5.56 Å². The summed E-state index contributed by atoms with van der Waals surface area (Å²) in [5, 5.41) is 1.88. The van der Waals surface area contributed by atoms with Gasteiger partial charge in [0.25, 0.3) is 5.91 Å². The van der Waals surface area contributed by atoms with Crippen LogP contribution in [0.4, 0.5) is 0 Å². The third-order valence-electron chi connectivity index (χ3n) is 2.58. The number of amides is 1. The van der Waals surface area contributed by atoms with Gasteiger partial charge < -0.3 is 10.3 Å². The Morgan fingerprint density at radius 3 is 2.68 bits per heavy atom. The molecule has 0 fully saturated rings. The first kappa shape index (κ1) is 15.6. The molecule has 1 aromatic heterocycles. The summed E-state index contributed by atoms with van der Waals surface area (Å²) in [5.74, 6) is -0.281. The quantitative estimate of drug-likeness (QED) is 0.933. The van der Waals surface area contributed by atoms with Gasteiger partial charge >= 0.3 is 0 Å². The lowest BCUT2D eigenvalue weighted by atomic mass is 10.1. The molecule has 0 aliphatic carbocycles. The number of aryl methyl sites for hydroxylation is 1. The van der Waals surface area contributed by atoms with E-state index in [1.54, 1.807) is 4.57 Å². The average molecular weight is 298 g/mol. The third kappa shape index (κ3) is 4.31. The van der Waals surface area contributed by atoms with Crippen LogP contribution < -0.4 is 10.5 Å². The maximum atomic E-state index is 11.9. The zero-order valence-electron chi connectivity index (χ0n) is 10.5. The molecule has 2 rings (SSSR count). The minimum Gasteiger partial charge on any atom is -0.327 e. The van der Waals surface area contributed by atoms with Gasteiger partial charge in [0.2, 0.25) is 0 Å². The van der Waals surface area contributed by atoms with Gasteiger partial charge in [-0.1, -0.05) is 30.3 Å². The molecule has 2 N–H and O–H groups in total. The molecule has 102 valence electrons. The molecule has 19 heavy (non-hydrogen) atoms. The van der Waals surface area contributed by atoms with Crippen molar-refractivity contribution < 1.29 is 4.79 Å². The van der Waals surface area contributed by atoms with E-state index in [2.05, 4.69) is 4.99 Å². The van der Waals surface area contributed by atoms with Crippen LogP contribution in [0.2, 0.25) is 0 Å². The van der Waals surface area contributed by atoms with E-state index in [9.17, 15) is 4.79 Å². The van der Waals surface area contributed by atoms with Crippen molar-refractivity contribution in [3.05, 3.63) is 52.3 Å². The first-order valence-electron chi connectivity index (χ1n) is 5.65. The van der Waals surface area contributed by atoms with Crippen LogP contribution in [-0.4, -0.2) is 16.5 Å². The summed E-state index contributed by atoms with van der Waals surface area (Å²) in [5.41, 5.74) is 6.91. The number of nitrogens with two attached hydrogens (primary N) is 1. The predicted octanol–water partition coefficient (Wildman–Crippen LogP) is 1.51. The first-order chi connectivity index (χ1) is 8.66. The Kier molecular flexibility index (Phi) is 5.95. The number of carbonyl (C=O) groups is 1. The van der Waals surface area contributed by atoms with Crippen molar-refractivity contribution in [3.63, 3.8) is 0 Å². The van der Waals surface area contributed by atoms with Crippen molar-refractivity contribution in [1.29, 1.82) is 0 Å². The summed E-state index contributed by atoms with van der Waals surface area (Å²) in [6, 6.07) is 9.13. The second kappa shape index (κ2) is 7.23. The number of rotatable bonds is 3. The second-order valence-electron chi connectivity index (χ2n) is 4.04. The number of carbonyl (C=O) groups excluding carboxylic acids is 1. The SMILES string of the molecule is Cl.Cn1ccsc1=NC(=O)C(N)Cc1ccccc1. The Morgan fingerprint density at radius 1 is 1.42 bits per heavy atom. The Morgan fingerprint density at radius 2 is 2.11 bits per heavy atom. The van der Waals surface area contributed by atoms with Crippen molar-refractivity contribution in [2.24, 2.45) is 17.8 Å². The molecule has 1 heterocycles. The molecule has 2 aromatic rings. The number of halogens is 1. The van der Waals surface area contributed by atoms with Gasteiger partial charge in [0.1, 0.15) is 0 Å². The van der Waals surface area contributed by atoms with Gasteiger partial charge in [0.05, 0.1) is 6.04 Å². The summed E-state index contributed by atoms with van der Waals surface area (Å²) in [6.07, 6.45) is 2.37. The largest absolute Gasteiger partial charge is 0.327 e. The van der Waals surface area contributed by atoms with E-state index in [-0.39, 0.29) is 18.3 Å². The van der Waals surface area contributed by atoms with E-state index >= 15 is 0 Å². The van der Waals surface area contributed by atoms with E-state index in [4.69, 9.17) is 5.73 Å². The van der Waals surface area contributed by atoms with Gasteiger partial charge in [-0.05, 0) is 12.0 Å². The van der Waals surface area contributed by atoms with Gasteiger partial charge in [0, 0.05) is 18.6 Å². The molecule has 0 aliphatic heterocycles. The van der Waals surface area contributed by atoms with Crippen molar-refractivity contribution >= 4 is 29.7 Å². The van der Waals surface area contributed by atoms with Crippen molar-refractivity contribution in [1.82, 2.24) is 4.57 Å². The molecule has 0 aliphatic rings. The molecule has 0 saturated heterocycles. The highest BCUT2D eigenvalue weighted by Crippen LogP contribution is 2.02. The van der Waals surface area contributed by atoms with Gasteiger partial charge in [-0.2, -0.15) is 4.99 Å². The molecular weight excluding hydrogens is 282 g/mol. The Balaban J connectivity index is 0.00000180. The highest BCUT2D eigenvalue weighted by molar-refractivity contribution is 7.07. The van der Waals surface area contributed by atoms with Crippen LogP contribution >= 0.6 is 23.7 Å². The topological polar surface area (TPSA) is 60.4 Å². The summed E-state index contributed by atoms with van der Waals surface area (Å²) >= 11 is 1.42. The van der Waals surface area contributed by atoms with E-state index in [1.165, 1.54) is 11.3 Å². The van der Waals surface area contributed by atoms with E-state index in [1.807, 2.05) is 49.0 Å². The van der Waals surface area contributed by atoms with Crippen LogP contribution in [0.15, 0.2) is 46.9 Å². The van der Waals surface area contributed by atoms with Crippen molar-refractivity contribution in [2.75, 3.05) is 0 Å². The fraction of sp³-hybridized carbons (Fsp3) is 0.231. The first-order valence-corrected chi connectivity index (χ1v) is 6.53.